The Labute approximate surface area is 170 Å². The largest absolute Gasteiger partial charge is 0.493 e. The molecule has 0 aliphatic carbocycles. The Morgan fingerprint density at radius 1 is 0.929 bits per heavy atom. The van der Waals surface area contributed by atoms with Crippen molar-refractivity contribution < 1.29 is 23.7 Å². The fraction of sp³-hybridized carbons (Fsp3) is 0.381. The summed E-state index contributed by atoms with van der Waals surface area (Å²) in [6.45, 7) is 4.34. The number of carbonyl (C=O) groups is 1. The lowest BCUT2D eigenvalue weighted by atomic mass is 10.2. The van der Waals surface area contributed by atoms with Crippen molar-refractivity contribution in [1.29, 1.82) is 0 Å². The summed E-state index contributed by atoms with van der Waals surface area (Å²) in [6.07, 6.45) is 0.0630. The minimum absolute atomic E-state index is 0.0544. The minimum atomic E-state index is -0.0544. The van der Waals surface area contributed by atoms with E-state index < -0.39 is 0 Å². The lowest BCUT2D eigenvalue weighted by Crippen LogP contribution is -2.24. The number of methoxy groups -OCH3 is 3. The van der Waals surface area contributed by atoms with E-state index in [-0.39, 0.29) is 12.0 Å². The third kappa shape index (κ3) is 6.27. The average Bonchev–Trinajstić information content (AvgIpc) is 2.70. The van der Waals surface area contributed by atoms with Gasteiger partial charge in [0, 0.05) is 11.4 Å². The summed E-state index contributed by atoms with van der Waals surface area (Å²) in [5, 5.41) is 2.92. The van der Waals surface area contributed by atoms with Gasteiger partial charge in [0.1, 0.15) is 0 Å². The number of hydrogen-bond donors (Lipinski definition) is 1. The summed E-state index contributed by atoms with van der Waals surface area (Å²) < 4.78 is 21.6. The lowest BCUT2D eigenvalue weighted by molar-refractivity contribution is -0.118. The molecule has 2 aromatic rings. The molecule has 7 heteroatoms. The van der Waals surface area contributed by atoms with Gasteiger partial charge in [-0.3, -0.25) is 4.79 Å². The second kappa shape index (κ2) is 10.7. The fourth-order valence-electron chi connectivity index (χ4n) is 2.48. The number of amides is 1. The molecule has 0 spiro atoms. The highest BCUT2D eigenvalue weighted by Crippen LogP contribution is 2.32. The molecule has 6 nitrogen and oxygen atoms in total. The molecular weight excluding hydrogens is 378 g/mol. The van der Waals surface area contributed by atoms with Gasteiger partial charge in [0.25, 0.3) is 0 Å². The summed E-state index contributed by atoms with van der Waals surface area (Å²) in [4.78, 5) is 13.1. The lowest BCUT2D eigenvalue weighted by Gasteiger charge is -2.14. The Morgan fingerprint density at radius 2 is 1.57 bits per heavy atom. The maximum atomic E-state index is 12.2. The second-order valence-corrected chi connectivity index (χ2v) is 7.28. The van der Waals surface area contributed by atoms with E-state index in [2.05, 4.69) is 5.32 Å². The number of nitrogens with one attached hydrogen (secondary N) is 1. The van der Waals surface area contributed by atoms with E-state index in [4.69, 9.17) is 18.9 Å². The third-order valence-corrected chi connectivity index (χ3v) is 4.80. The molecule has 0 aliphatic rings. The van der Waals surface area contributed by atoms with E-state index >= 15 is 0 Å². The monoisotopic (exact) mass is 405 g/mol. The summed E-state index contributed by atoms with van der Waals surface area (Å²) in [5.41, 5.74) is 0.942. The van der Waals surface area contributed by atoms with Gasteiger partial charge in [0.2, 0.25) is 5.91 Å². The third-order valence-electron chi connectivity index (χ3n) is 3.81. The smallest absolute Gasteiger partial charge is 0.230 e. The van der Waals surface area contributed by atoms with Crippen molar-refractivity contribution in [2.45, 2.75) is 31.4 Å². The van der Waals surface area contributed by atoms with Crippen LogP contribution in [0.3, 0.4) is 0 Å². The van der Waals surface area contributed by atoms with Crippen molar-refractivity contribution in [3.05, 3.63) is 42.0 Å². The maximum absolute atomic E-state index is 12.2. The first-order valence-electron chi connectivity index (χ1n) is 8.92. The van der Waals surface area contributed by atoms with Crippen LogP contribution in [0.4, 0.5) is 0 Å². The van der Waals surface area contributed by atoms with Crippen molar-refractivity contribution in [2.75, 3.05) is 27.1 Å². The number of ether oxygens (including phenoxy) is 4. The standard InChI is InChI=1S/C21H27NO5S/c1-14(2)27-18-8-6-15(10-19(18)25-4)12-22-21(23)13-28-16-7-9-17(24-3)20(11-16)26-5/h6-11,14H,12-13H2,1-5H3,(H,22,23). The Morgan fingerprint density at radius 3 is 2.21 bits per heavy atom. The predicted molar refractivity (Wildman–Crippen MR) is 111 cm³/mol. The zero-order chi connectivity index (χ0) is 20.5. The number of hydrogen-bond acceptors (Lipinski definition) is 6. The fourth-order valence-corrected chi connectivity index (χ4v) is 3.23. The zero-order valence-electron chi connectivity index (χ0n) is 16.9. The van der Waals surface area contributed by atoms with Gasteiger partial charge in [0.15, 0.2) is 23.0 Å². The van der Waals surface area contributed by atoms with E-state index in [1.54, 1.807) is 21.3 Å². The zero-order valence-corrected chi connectivity index (χ0v) is 17.7. The Balaban J connectivity index is 1.88. The van der Waals surface area contributed by atoms with Crippen LogP contribution in [0.5, 0.6) is 23.0 Å². The molecule has 1 amide bonds. The van der Waals surface area contributed by atoms with E-state index in [1.165, 1.54) is 11.8 Å². The van der Waals surface area contributed by atoms with Crippen LogP contribution >= 0.6 is 11.8 Å². The molecular formula is C21H27NO5S. The van der Waals surface area contributed by atoms with E-state index in [0.29, 0.717) is 35.3 Å². The maximum Gasteiger partial charge on any atom is 0.230 e. The molecule has 0 saturated carbocycles. The SMILES string of the molecule is COc1ccc(SCC(=O)NCc2ccc(OC(C)C)c(OC)c2)cc1OC. The predicted octanol–water partition coefficient (Wildman–Crippen LogP) is 3.91. The summed E-state index contributed by atoms with van der Waals surface area (Å²) in [6, 6.07) is 11.2. The van der Waals surface area contributed by atoms with E-state index in [1.807, 2.05) is 50.2 Å². The van der Waals surface area contributed by atoms with Crippen LogP contribution in [0.1, 0.15) is 19.4 Å². The van der Waals surface area contributed by atoms with Gasteiger partial charge < -0.3 is 24.3 Å². The first kappa shape index (κ1) is 21.8. The van der Waals surface area contributed by atoms with Crippen LogP contribution in [0.25, 0.3) is 0 Å². The molecule has 152 valence electrons. The Bertz CT molecular complexity index is 794. The topological polar surface area (TPSA) is 66.0 Å². The average molecular weight is 406 g/mol. The van der Waals surface area contributed by atoms with Gasteiger partial charge in [-0.05, 0) is 49.7 Å². The molecule has 0 unspecified atom stereocenters. The summed E-state index contributed by atoms with van der Waals surface area (Å²) in [7, 11) is 4.78. The molecule has 2 rings (SSSR count). The van der Waals surface area contributed by atoms with Gasteiger partial charge in [-0.15, -0.1) is 11.8 Å². The Hall–Kier alpha value is -2.54. The number of benzene rings is 2. The van der Waals surface area contributed by atoms with Crippen LogP contribution in [-0.4, -0.2) is 39.1 Å². The molecule has 0 radical (unpaired) electrons. The van der Waals surface area contributed by atoms with Crippen LogP contribution in [0.2, 0.25) is 0 Å². The number of rotatable bonds is 10. The van der Waals surface area contributed by atoms with Crippen LogP contribution in [0.15, 0.2) is 41.3 Å². The van der Waals surface area contributed by atoms with Crippen molar-refractivity contribution in [3.8, 4) is 23.0 Å². The molecule has 0 aliphatic heterocycles. The van der Waals surface area contributed by atoms with Gasteiger partial charge >= 0.3 is 0 Å². The summed E-state index contributed by atoms with van der Waals surface area (Å²) in [5.74, 6) is 2.90. The number of thioether (sulfide) groups is 1. The molecule has 0 fully saturated rings. The van der Waals surface area contributed by atoms with Crippen molar-refractivity contribution in [1.82, 2.24) is 5.32 Å². The molecule has 2 aromatic carbocycles. The molecule has 0 heterocycles. The molecule has 1 N–H and O–H groups in total. The van der Waals surface area contributed by atoms with Gasteiger partial charge in [-0.25, -0.2) is 0 Å². The minimum Gasteiger partial charge on any atom is -0.493 e. The van der Waals surface area contributed by atoms with Gasteiger partial charge in [-0.1, -0.05) is 6.07 Å². The normalized spacial score (nSPS) is 10.5. The van der Waals surface area contributed by atoms with Crippen LogP contribution in [0, 0.1) is 0 Å². The Kier molecular flexibility index (Phi) is 8.32. The van der Waals surface area contributed by atoms with E-state index in [0.717, 1.165) is 10.5 Å². The first-order valence-corrected chi connectivity index (χ1v) is 9.90. The second-order valence-electron chi connectivity index (χ2n) is 6.23. The van der Waals surface area contributed by atoms with Crippen LogP contribution < -0.4 is 24.3 Å². The van der Waals surface area contributed by atoms with Gasteiger partial charge in [0.05, 0.1) is 33.2 Å². The molecule has 0 saturated heterocycles. The molecule has 0 aromatic heterocycles. The number of carbonyl (C=O) groups excluding carboxylic acids is 1. The first-order chi connectivity index (χ1) is 13.5. The van der Waals surface area contributed by atoms with Crippen LogP contribution in [-0.2, 0) is 11.3 Å². The van der Waals surface area contributed by atoms with Gasteiger partial charge in [-0.2, -0.15) is 0 Å². The highest BCUT2D eigenvalue weighted by atomic mass is 32.2. The molecule has 0 bridgehead atoms. The quantitative estimate of drug-likeness (QED) is 0.605. The van der Waals surface area contributed by atoms with Crippen molar-refractivity contribution in [2.24, 2.45) is 0 Å². The molecule has 0 atom stereocenters. The van der Waals surface area contributed by atoms with Crippen molar-refractivity contribution >= 4 is 17.7 Å². The highest BCUT2D eigenvalue weighted by molar-refractivity contribution is 8.00. The van der Waals surface area contributed by atoms with E-state index in [9.17, 15) is 4.79 Å². The molecule has 28 heavy (non-hydrogen) atoms. The summed E-state index contributed by atoms with van der Waals surface area (Å²) >= 11 is 1.44. The highest BCUT2D eigenvalue weighted by Gasteiger charge is 2.10. The van der Waals surface area contributed by atoms with Crippen molar-refractivity contribution in [3.63, 3.8) is 0 Å².